The third-order valence-electron chi connectivity index (χ3n) is 5.32. The van der Waals surface area contributed by atoms with Crippen molar-refractivity contribution in [2.45, 2.75) is 65.5 Å². The highest BCUT2D eigenvalue weighted by Gasteiger charge is 2.21. The van der Waals surface area contributed by atoms with E-state index in [1.54, 1.807) is 11.3 Å². The summed E-state index contributed by atoms with van der Waals surface area (Å²) in [5.74, 6) is 0.897. The number of aromatic nitrogens is 1. The normalized spacial score (nSPS) is 16.2. The van der Waals surface area contributed by atoms with Crippen molar-refractivity contribution in [3.8, 4) is 0 Å². The molecule has 5 nitrogen and oxygen atoms in total. The van der Waals surface area contributed by atoms with E-state index in [9.17, 15) is 0 Å². The Hall–Kier alpha value is -2.08. The molecular formula is C23H35N5S. The molecule has 6 heteroatoms. The largest absolute Gasteiger partial charge is 0.371 e. The molecule has 2 N–H and O–H groups in total. The molecule has 2 aromatic rings. The fourth-order valence-corrected chi connectivity index (χ4v) is 4.30. The number of aryl methyl sites for hydroxylation is 1. The van der Waals surface area contributed by atoms with Gasteiger partial charge in [-0.05, 0) is 49.8 Å². The molecular weight excluding hydrogens is 378 g/mol. The van der Waals surface area contributed by atoms with Crippen LogP contribution < -0.4 is 15.5 Å². The molecule has 1 aliphatic heterocycles. The molecule has 158 valence electrons. The van der Waals surface area contributed by atoms with Crippen LogP contribution in [0.2, 0.25) is 0 Å². The highest BCUT2D eigenvalue weighted by Crippen LogP contribution is 2.26. The molecule has 29 heavy (non-hydrogen) atoms. The van der Waals surface area contributed by atoms with Gasteiger partial charge < -0.3 is 15.5 Å². The number of hydrogen-bond acceptors (Lipinski definition) is 4. The summed E-state index contributed by atoms with van der Waals surface area (Å²) >= 11 is 1.71. The molecule has 0 atom stereocenters. The second-order valence-electron chi connectivity index (χ2n) is 8.76. The first-order valence-electron chi connectivity index (χ1n) is 10.7. The van der Waals surface area contributed by atoms with Crippen LogP contribution in [0.3, 0.4) is 0 Å². The maximum absolute atomic E-state index is 4.73. The first kappa shape index (κ1) is 21.6. The zero-order valence-corrected chi connectivity index (χ0v) is 19.3. The van der Waals surface area contributed by atoms with Gasteiger partial charge in [0.05, 0.1) is 6.54 Å². The van der Waals surface area contributed by atoms with Crippen LogP contribution in [0.4, 0.5) is 5.69 Å². The fourth-order valence-electron chi connectivity index (χ4n) is 3.59. The molecule has 0 spiro atoms. The molecule has 1 aromatic carbocycles. The molecule has 0 bridgehead atoms. The van der Waals surface area contributed by atoms with Gasteiger partial charge >= 0.3 is 0 Å². The third kappa shape index (κ3) is 6.20. The Balaban J connectivity index is 1.53. The first-order valence-corrected chi connectivity index (χ1v) is 11.5. The Bertz CT molecular complexity index is 795. The van der Waals surface area contributed by atoms with Crippen molar-refractivity contribution in [2.75, 3.05) is 24.5 Å². The van der Waals surface area contributed by atoms with E-state index in [2.05, 4.69) is 79.4 Å². The Morgan fingerprint density at radius 1 is 1.21 bits per heavy atom. The van der Waals surface area contributed by atoms with Gasteiger partial charge in [-0.1, -0.05) is 32.9 Å². The second-order valence-corrected chi connectivity index (χ2v) is 10.1. The Kier molecular flexibility index (Phi) is 7.17. The summed E-state index contributed by atoms with van der Waals surface area (Å²) in [6, 6.07) is 9.55. The number of thiazole rings is 1. The number of aliphatic imine (C=N–C) groups is 1. The lowest BCUT2D eigenvalue weighted by Gasteiger charge is -2.35. The Morgan fingerprint density at radius 3 is 2.45 bits per heavy atom. The summed E-state index contributed by atoms with van der Waals surface area (Å²) in [6.45, 7) is 14.6. The van der Waals surface area contributed by atoms with Crippen LogP contribution in [-0.4, -0.2) is 36.6 Å². The van der Waals surface area contributed by atoms with E-state index in [1.165, 1.54) is 16.1 Å². The van der Waals surface area contributed by atoms with Gasteiger partial charge in [0.25, 0.3) is 0 Å². The van der Waals surface area contributed by atoms with Crippen LogP contribution >= 0.6 is 11.3 Å². The molecule has 0 radical (unpaired) electrons. The van der Waals surface area contributed by atoms with Crippen molar-refractivity contribution in [1.29, 1.82) is 0 Å². The third-order valence-corrected chi connectivity index (χ3v) is 6.22. The second kappa shape index (κ2) is 9.61. The minimum absolute atomic E-state index is 0.203. The molecule has 0 unspecified atom stereocenters. The van der Waals surface area contributed by atoms with Gasteiger partial charge in [-0.3, -0.25) is 0 Å². The van der Waals surface area contributed by atoms with Gasteiger partial charge in [-0.2, -0.15) is 0 Å². The number of guanidine groups is 1. The average molecular weight is 414 g/mol. The number of nitrogens with one attached hydrogen (secondary N) is 2. The SMILES string of the molecule is CCNC(=NCc1ncc(C)s1)NC1CCN(c2ccc(C(C)(C)C)cc2)CC1. The van der Waals surface area contributed by atoms with Crippen LogP contribution in [0, 0.1) is 6.92 Å². The summed E-state index contributed by atoms with van der Waals surface area (Å²) in [7, 11) is 0. The van der Waals surface area contributed by atoms with E-state index < -0.39 is 0 Å². The van der Waals surface area contributed by atoms with Gasteiger partial charge in [0.15, 0.2) is 5.96 Å². The number of rotatable bonds is 5. The first-order chi connectivity index (χ1) is 13.8. The van der Waals surface area contributed by atoms with Gasteiger partial charge in [-0.15, -0.1) is 11.3 Å². The van der Waals surface area contributed by atoms with Crippen molar-refractivity contribution in [1.82, 2.24) is 15.6 Å². The van der Waals surface area contributed by atoms with Crippen LogP contribution in [0.15, 0.2) is 35.5 Å². The van der Waals surface area contributed by atoms with Gasteiger partial charge in [0.2, 0.25) is 0 Å². The fraction of sp³-hybridized carbons (Fsp3) is 0.565. The lowest BCUT2D eigenvalue weighted by molar-refractivity contribution is 0.461. The summed E-state index contributed by atoms with van der Waals surface area (Å²) in [5.41, 5.74) is 2.92. The Morgan fingerprint density at radius 2 is 1.90 bits per heavy atom. The molecule has 0 aliphatic carbocycles. The predicted octanol–water partition coefficient (Wildman–Crippen LogP) is 4.47. The predicted molar refractivity (Wildman–Crippen MR) is 125 cm³/mol. The maximum atomic E-state index is 4.73. The number of anilines is 1. The van der Waals surface area contributed by atoms with Gasteiger partial charge in [-0.25, -0.2) is 9.98 Å². The standard InChI is InChI=1S/C23H35N5S/c1-6-24-22(26-16-21-25-15-17(2)29-21)27-19-11-13-28(14-12-19)20-9-7-18(8-10-20)23(3,4)5/h7-10,15,19H,6,11-14,16H2,1-5H3,(H2,24,26,27). The lowest BCUT2D eigenvalue weighted by atomic mass is 9.87. The van der Waals surface area contributed by atoms with Crippen LogP contribution in [0.25, 0.3) is 0 Å². The number of piperidine rings is 1. The molecule has 0 amide bonds. The van der Waals surface area contributed by atoms with E-state index in [0.717, 1.165) is 43.4 Å². The summed E-state index contributed by atoms with van der Waals surface area (Å²) in [5, 5.41) is 8.06. The van der Waals surface area contributed by atoms with Crippen LogP contribution in [0.5, 0.6) is 0 Å². The molecule has 2 heterocycles. The van der Waals surface area contributed by atoms with Crippen molar-refractivity contribution in [3.63, 3.8) is 0 Å². The maximum Gasteiger partial charge on any atom is 0.191 e. The minimum atomic E-state index is 0.203. The van der Waals surface area contributed by atoms with Crippen molar-refractivity contribution < 1.29 is 0 Å². The van der Waals surface area contributed by atoms with Crippen LogP contribution in [0.1, 0.15) is 56.0 Å². The van der Waals surface area contributed by atoms with Crippen LogP contribution in [-0.2, 0) is 12.0 Å². The summed E-state index contributed by atoms with van der Waals surface area (Å²) < 4.78 is 0. The van der Waals surface area contributed by atoms with E-state index in [0.29, 0.717) is 12.6 Å². The Labute approximate surface area is 179 Å². The van der Waals surface area contributed by atoms with Crippen molar-refractivity contribution >= 4 is 23.0 Å². The zero-order valence-electron chi connectivity index (χ0n) is 18.5. The van der Waals surface area contributed by atoms with Crippen molar-refractivity contribution in [3.05, 3.63) is 45.9 Å². The summed E-state index contributed by atoms with van der Waals surface area (Å²) in [4.78, 5) is 12.9. The van der Waals surface area contributed by atoms with E-state index in [1.807, 2.05) is 6.20 Å². The quantitative estimate of drug-likeness (QED) is 0.561. The highest BCUT2D eigenvalue weighted by atomic mass is 32.1. The monoisotopic (exact) mass is 413 g/mol. The molecule has 1 aliphatic rings. The number of nitrogens with zero attached hydrogens (tertiary/aromatic N) is 3. The zero-order chi connectivity index (χ0) is 20.9. The summed E-state index contributed by atoms with van der Waals surface area (Å²) in [6.07, 6.45) is 4.14. The van der Waals surface area contributed by atoms with Gasteiger partial charge in [0.1, 0.15) is 5.01 Å². The molecule has 1 saturated heterocycles. The van der Waals surface area contributed by atoms with Crippen molar-refractivity contribution in [2.24, 2.45) is 4.99 Å². The molecule has 3 rings (SSSR count). The highest BCUT2D eigenvalue weighted by molar-refractivity contribution is 7.11. The molecule has 1 aromatic heterocycles. The topological polar surface area (TPSA) is 52.6 Å². The van der Waals surface area contributed by atoms with E-state index in [-0.39, 0.29) is 5.41 Å². The smallest absolute Gasteiger partial charge is 0.191 e. The molecule has 0 saturated carbocycles. The minimum Gasteiger partial charge on any atom is -0.371 e. The van der Waals surface area contributed by atoms with Gasteiger partial charge in [0, 0.05) is 42.4 Å². The number of benzene rings is 1. The molecule has 1 fully saturated rings. The van der Waals surface area contributed by atoms with E-state index in [4.69, 9.17) is 4.99 Å². The number of hydrogen-bond donors (Lipinski definition) is 2. The average Bonchev–Trinajstić information content (AvgIpc) is 3.11. The van der Waals surface area contributed by atoms with E-state index >= 15 is 0 Å². The lowest BCUT2D eigenvalue weighted by Crippen LogP contribution is -2.48.